The molecule has 5 nitrogen and oxygen atoms in total. The molecule has 1 N–H and O–H groups in total. The van der Waals surface area contributed by atoms with E-state index in [-0.39, 0.29) is 12.5 Å². The van der Waals surface area contributed by atoms with Gasteiger partial charge in [0.1, 0.15) is 11.4 Å². The van der Waals surface area contributed by atoms with E-state index in [9.17, 15) is 9.59 Å². The van der Waals surface area contributed by atoms with E-state index < -0.39 is 5.97 Å². The maximum absolute atomic E-state index is 12.6. The summed E-state index contributed by atoms with van der Waals surface area (Å²) in [5.41, 5.74) is 1.73. The summed E-state index contributed by atoms with van der Waals surface area (Å²) >= 11 is 1.30. The van der Waals surface area contributed by atoms with Crippen LogP contribution in [0.25, 0.3) is 0 Å². The summed E-state index contributed by atoms with van der Waals surface area (Å²) in [6, 6.07) is 9.70. The van der Waals surface area contributed by atoms with Crippen LogP contribution in [0.4, 0.5) is 0 Å². The zero-order valence-electron chi connectivity index (χ0n) is 12.6. The lowest BCUT2D eigenvalue weighted by molar-refractivity contribution is -0.137. The highest BCUT2D eigenvalue weighted by Crippen LogP contribution is 2.19. The number of amides is 1. The molecule has 1 heterocycles. The van der Waals surface area contributed by atoms with E-state index in [1.54, 1.807) is 6.92 Å². The first-order chi connectivity index (χ1) is 10.5. The molecule has 0 bridgehead atoms. The second kappa shape index (κ2) is 7.17. The summed E-state index contributed by atoms with van der Waals surface area (Å²) in [5, 5.41) is 9.85. The van der Waals surface area contributed by atoms with Gasteiger partial charge in [-0.05, 0) is 25.8 Å². The summed E-state index contributed by atoms with van der Waals surface area (Å²) in [6.07, 6.45) is 0.622. The molecular formula is C16H18N2O3S. The van der Waals surface area contributed by atoms with Crippen LogP contribution < -0.4 is 0 Å². The molecule has 2 aromatic rings. The van der Waals surface area contributed by atoms with Crippen LogP contribution in [0.5, 0.6) is 0 Å². The van der Waals surface area contributed by atoms with Crippen LogP contribution in [-0.4, -0.2) is 40.0 Å². The van der Waals surface area contributed by atoms with Gasteiger partial charge in [0, 0.05) is 6.54 Å². The van der Waals surface area contributed by atoms with Gasteiger partial charge in [0.05, 0.1) is 10.7 Å². The van der Waals surface area contributed by atoms with Crippen LogP contribution in [0.1, 0.15) is 25.9 Å². The zero-order valence-corrected chi connectivity index (χ0v) is 13.4. The van der Waals surface area contributed by atoms with Crippen LogP contribution >= 0.6 is 11.3 Å². The maximum atomic E-state index is 12.6. The van der Waals surface area contributed by atoms with E-state index >= 15 is 0 Å². The lowest BCUT2D eigenvalue weighted by Gasteiger charge is -2.20. The number of carboxylic acid groups (broad SMARTS) is 1. The fraction of sp³-hybridized carbons (Fsp3) is 0.312. The molecule has 1 aromatic carbocycles. The molecule has 6 heteroatoms. The van der Waals surface area contributed by atoms with Crippen molar-refractivity contribution in [1.29, 1.82) is 0 Å². The van der Waals surface area contributed by atoms with Crippen molar-refractivity contribution in [2.75, 3.05) is 13.1 Å². The SMILES string of the molecule is Cc1nc(C)c(C(=O)N(CCc2ccccc2)CC(=O)O)s1. The van der Waals surface area contributed by atoms with Crippen molar-refractivity contribution in [1.82, 2.24) is 9.88 Å². The first kappa shape index (κ1) is 16.2. The predicted octanol–water partition coefficient (Wildman–Crippen LogP) is 2.53. The van der Waals surface area contributed by atoms with Gasteiger partial charge >= 0.3 is 5.97 Å². The Morgan fingerprint density at radius 1 is 1.23 bits per heavy atom. The molecule has 0 aliphatic carbocycles. The quantitative estimate of drug-likeness (QED) is 0.888. The van der Waals surface area contributed by atoms with Crippen LogP contribution in [-0.2, 0) is 11.2 Å². The highest BCUT2D eigenvalue weighted by Gasteiger charge is 2.22. The first-order valence-corrected chi connectivity index (χ1v) is 7.78. The molecule has 0 aliphatic heterocycles. The Hall–Kier alpha value is -2.21. The number of hydrogen-bond acceptors (Lipinski definition) is 4. The van der Waals surface area contributed by atoms with Crippen molar-refractivity contribution in [3.63, 3.8) is 0 Å². The van der Waals surface area contributed by atoms with Crippen molar-refractivity contribution in [3.8, 4) is 0 Å². The van der Waals surface area contributed by atoms with Crippen molar-refractivity contribution in [2.24, 2.45) is 0 Å². The summed E-state index contributed by atoms with van der Waals surface area (Å²) in [6.45, 7) is 3.67. The Morgan fingerprint density at radius 3 is 2.45 bits per heavy atom. The molecule has 1 amide bonds. The van der Waals surface area contributed by atoms with Gasteiger partial charge in [-0.25, -0.2) is 4.98 Å². The number of hydrogen-bond donors (Lipinski definition) is 1. The van der Waals surface area contributed by atoms with Gasteiger partial charge in [0.25, 0.3) is 5.91 Å². The maximum Gasteiger partial charge on any atom is 0.323 e. The number of benzene rings is 1. The topological polar surface area (TPSA) is 70.5 Å². The van der Waals surface area contributed by atoms with E-state index in [0.717, 1.165) is 10.6 Å². The molecular weight excluding hydrogens is 300 g/mol. The number of thiazole rings is 1. The Kier molecular flexibility index (Phi) is 5.27. The Labute approximate surface area is 133 Å². The molecule has 0 unspecified atom stereocenters. The van der Waals surface area contributed by atoms with Crippen molar-refractivity contribution >= 4 is 23.2 Å². The lowest BCUT2D eigenvalue weighted by atomic mass is 10.1. The molecule has 0 aliphatic rings. The van der Waals surface area contributed by atoms with Crippen LogP contribution in [0.3, 0.4) is 0 Å². The molecule has 2 rings (SSSR count). The molecule has 0 fully saturated rings. The summed E-state index contributed by atoms with van der Waals surface area (Å²) in [5.74, 6) is -1.28. The van der Waals surface area contributed by atoms with Gasteiger partial charge in [-0.3, -0.25) is 9.59 Å². The van der Waals surface area contributed by atoms with E-state index in [4.69, 9.17) is 5.11 Å². The van der Waals surface area contributed by atoms with Gasteiger partial charge < -0.3 is 10.0 Å². The highest BCUT2D eigenvalue weighted by molar-refractivity contribution is 7.13. The number of nitrogens with zero attached hydrogens (tertiary/aromatic N) is 2. The van der Waals surface area contributed by atoms with E-state index in [2.05, 4.69) is 4.98 Å². The average molecular weight is 318 g/mol. The van der Waals surface area contributed by atoms with Gasteiger partial charge in [0.2, 0.25) is 0 Å². The molecule has 116 valence electrons. The van der Waals surface area contributed by atoms with Gasteiger partial charge in [-0.2, -0.15) is 0 Å². The van der Waals surface area contributed by atoms with Crippen LogP contribution in [0.15, 0.2) is 30.3 Å². The Bertz CT molecular complexity index is 667. The largest absolute Gasteiger partial charge is 0.480 e. The summed E-state index contributed by atoms with van der Waals surface area (Å²) < 4.78 is 0. The minimum atomic E-state index is -1.01. The van der Waals surface area contributed by atoms with Gasteiger partial charge in [-0.15, -0.1) is 11.3 Å². The fourth-order valence-corrected chi connectivity index (χ4v) is 3.09. The van der Waals surface area contributed by atoms with Gasteiger partial charge in [0.15, 0.2) is 0 Å². The number of carbonyl (C=O) groups excluding carboxylic acids is 1. The average Bonchev–Trinajstić information content (AvgIpc) is 2.82. The third-order valence-corrected chi connectivity index (χ3v) is 4.29. The molecule has 1 aromatic heterocycles. The monoisotopic (exact) mass is 318 g/mol. The molecule has 0 spiro atoms. The molecule has 22 heavy (non-hydrogen) atoms. The second-order valence-electron chi connectivity index (χ2n) is 5.00. The highest BCUT2D eigenvalue weighted by atomic mass is 32.1. The number of aryl methyl sites for hydroxylation is 2. The van der Waals surface area contributed by atoms with E-state index in [1.807, 2.05) is 37.3 Å². The molecule has 0 saturated carbocycles. The minimum Gasteiger partial charge on any atom is -0.480 e. The normalized spacial score (nSPS) is 10.5. The summed E-state index contributed by atoms with van der Waals surface area (Å²) in [4.78, 5) is 29.7. The van der Waals surface area contributed by atoms with Crippen molar-refractivity contribution < 1.29 is 14.7 Å². The number of aromatic nitrogens is 1. The number of aliphatic carboxylic acids is 1. The van der Waals surface area contributed by atoms with Crippen LogP contribution in [0.2, 0.25) is 0 Å². The number of rotatable bonds is 6. The third-order valence-electron chi connectivity index (χ3n) is 3.22. The van der Waals surface area contributed by atoms with E-state index in [1.165, 1.54) is 16.2 Å². The van der Waals surface area contributed by atoms with Crippen LogP contribution in [0, 0.1) is 13.8 Å². The second-order valence-corrected chi connectivity index (χ2v) is 6.21. The fourth-order valence-electron chi connectivity index (χ4n) is 2.20. The number of carboxylic acids is 1. The van der Waals surface area contributed by atoms with E-state index in [0.29, 0.717) is 23.5 Å². The Morgan fingerprint density at radius 2 is 1.91 bits per heavy atom. The molecule has 0 saturated heterocycles. The molecule has 0 radical (unpaired) electrons. The first-order valence-electron chi connectivity index (χ1n) is 6.96. The predicted molar refractivity (Wildman–Crippen MR) is 85.3 cm³/mol. The molecule has 0 atom stereocenters. The van der Waals surface area contributed by atoms with Gasteiger partial charge in [-0.1, -0.05) is 30.3 Å². The van der Waals surface area contributed by atoms with Crippen molar-refractivity contribution in [3.05, 3.63) is 51.5 Å². The standard InChI is InChI=1S/C16H18N2O3S/c1-11-15(22-12(2)17-11)16(21)18(10-14(19)20)9-8-13-6-4-3-5-7-13/h3-7H,8-10H2,1-2H3,(H,19,20). The van der Waals surface area contributed by atoms with Crippen molar-refractivity contribution in [2.45, 2.75) is 20.3 Å². The number of carbonyl (C=O) groups is 2. The summed E-state index contributed by atoms with van der Waals surface area (Å²) in [7, 11) is 0. The minimum absolute atomic E-state index is 0.263. The Balaban J connectivity index is 2.13. The lowest BCUT2D eigenvalue weighted by Crippen LogP contribution is -2.37. The third kappa shape index (κ3) is 4.14. The smallest absolute Gasteiger partial charge is 0.323 e. The zero-order chi connectivity index (χ0) is 16.1.